The molecule has 0 unspecified atom stereocenters. The lowest BCUT2D eigenvalue weighted by Crippen LogP contribution is -2.15. The van der Waals surface area contributed by atoms with Gasteiger partial charge in [0.1, 0.15) is 12.1 Å². The lowest BCUT2D eigenvalue weighted by molar-refractivity contribution is 0.249. The summed E-state index contributed by atoms with van der Waals surface area (Å²) in [6, 6.07) is 8.46. The largest absolute Gasteiger partial charge is 0.493 e. The van der Waals surface area contributed by atoms with Crippen LogP contribution in [-0.2, 0) is 6.42 Å². The monoisotopic (exact) mass is 520 g/mol. The predicted octanol–water partition coefficient (Wildman–Crippen LogP) is 10.8. The van der Waals surface area contributed by atoms with Crippen LogP contribution < -0.4 is 4.74 Å². The SMILES string of the molecule is CCCCCCCCCCCCOc1ccccc1-c1ncncc1CCC1CCC(CCCCC)CC1. The number of aromatic nitrogens is 2. The number of benzene rings is 1. The Balaban J connectivity index is 1.41. The van der Waals surface area contributed by atoms with E-state index in [4.69, 9.17) is 9.72 Å². The van der Waals surface area contributed by atoms with E-state index in [-0.39, 0.29) is 0 Å². The average Bonchev–Trinajstić information content (AvgIpc) is 2.96. The Bertz CT molecular complexity index is 859. The third-order valence-electron chi connectivity index (χ3n) is 8.69. The lowest BCUT2D eigenvalue weighted by Gasteiger charge is -2.28. The predicted molar refractivity (Wildman–Crippen MR) is 163 cm³/mol. The molecule has 1 aliphatic rings. The molecule has 1 aliphatic carbocycles. The molecule has 1 aromatic carbocycles. The van der Waals surface area contributed by atoms with Crippen molar-refractivity contribution in [3.05, 3.63) is 42.4 Å². The van der Waals surface area contributed by atoms with Crippen molar-refractivity contribution < 1.29 is 4.74 Å². The van der Waals surface area contributed by atoms with E-state index < -0.39 is 0 Å². The quantitative estimate of drug-likeness (QED) is 0.163. The van der Waals surface area contributed by atoms with Gasteiger partial charge in [0.15, 0.2) is 0 Å². The van der Waals surface area contributed by atoms with Crippen LogP contribution in [0, 0.1) is 11.8 Å². The normalized spacial score (nSPS) is 17.5. The maximum absolute atomic E-state index is 6.30. The summed E-state index contributed by atoms with van der Waals surface area (Å²) < 4.78 is 6.30. The fourth-order valence-corrected chi connectivity index (χ4v) is 6.20. The molecule has 38 heavy (non-hydrogen) atoms. The standard InChI is InChI=1S/C35H56N2O/c1-3-5-7-8-9-10-11-12-13-17-27-38-34-20-16-15-19-33(34)35-32(28-36-29-37-35)26-25-31-23-21-30(22-24-31)18-14-6-4-2/h15-16,19-20,28-31H,3-14,17-18,21-27H2,1-2H3. The Morgan fingerprint density at radius 3 is 2.03 bits per heavy atom. The van der Waals surface area contributed by atoms with Gasteiger partial charge < -0.3 is 4.74 Å². The summed E-state index contributed by atoms with van der Waals surface area (Å²) in [5.41, 5.74) is 3.45. The molecule has 1 aromatic heterocycles. The molecule has 0 N–H and O–H groups in total. The van der Waals surface area contributed by atoms with Crippen LogP contribution in [0.2, 0.25) is 0 Å². The van der Waals surface area contributed by atoms with E-state index in [0.717, 1.165) is 48.3 Å². The number of hydrogen-bond acceptors (Lipinski definition) is 3. The van der Waals surface area contributed by atoms with Gasteiger partial charge in [0, 0.05) is 11.8 Å². The van der Waals surface area contributed by atoms with Crippen LogP contribution >= 0.6 is 0 Å². The molecule has 1 fully saturated rings. The number of unbranched alkanes of at least 4 members (excludes halogenated alkanes) is 11. The molecule has 0 atom stereocenters. The molecule has 3 nitrogen and oxygen atoms in total. The molecule has 3 rings (SSSR count). The summed E-state index contributed by atoms with van der Waals surface area (Å²) in [4.78, 5) is 9.14. The fraction of sp³-hybridized carbons (Fsp3) is 0.714. The van der Waals surface area contributed by atoms with Gasteiger partial charge in [-0.25, -0.2) is 9.97 Å². The third-order valence-corrected chi connectivity index (χ3v) is 8.69. The first-order valence-electron chi connectivity index (χ1n) is 16.3. The van der Waals surface area contributed by atoms with Gasteiger partial charge in [-0.15, -0.1) is 0 Å². The molecule has 1 saturated carbocycles. The van der Waals surface area contributed by atoms with Crippen LogP contribution in [0.3, 0.4) is 0 Å². The van der Waals surface area contributed by atoms with Gasteiger partial charge in [-0.3, -0.25) is 0 Å². The minimum Gasteiger partial charge on any atom is -0.493 e. The van der Waals surface area contributed by atoms with Crippen LogP contribution in [0.5, 0.6) is 5.75 Å². The van der Waals surface area contributed by atoms with Gasteiger partial charge in [0.25, 0.3) is 0 Å². The van der Waals surface area contributed by atoms with Crippen molar-refractivity contribution in [2.75, 3.05) is 6.61 Å². The fourth-order valence-electron chi connectivity index (χ4n) is 6.20. The first-order valence-corrected chi connectivity index (χ1v) is 16.3. The van der Waals surface area contributed by atoms with E-state index in [0.29, 0.717) is 0 Å². The van der Waals surface area contributed by atoms with Gasteiger partial charge in [0.2, 0.25) is 0 Å². The molecule has 0 aliphatic heterocycles. The van der Waals surface area contributed by atoms with Gasteiger partial charge >= 0.3 is 0 Å². The zero-order valence-electron chi connectivity index (χ0n) is 24.8. The summed E-state index contributed by atoms with van der Waals surface area (Å²) >= 11 is 0. The van der Waals surface area contributed by atoms with Crippen molar-refractivity contribution in [2.45, 2.75) is 142 Å². The highest BCUT2D eigenvalue weighted by Crippen LogP contribution is 2.36. The van der Waals surface area contributed by atoms with E-state index in [1.54, 1.807) is 6.33 Å². The number of nitrogens with zero attached hydrogens (tertiary/aromatic N) is 2. The molecule has 0 radical (unpaired) electrons. The van der Waals surface area contributed by atoms with Gasteiger partial charge in [-0.05, 0) is 48.8 Å². The summed E-state index contributed by atoms with van der Waals surface area (Å²) in [5, 5.41) is 0. The molecule has 0 amide bonds. The average molecular weight is 521 g/mol. The highest BCUT2D eigenvalue weighted by molar-refractivity contribution is 5.69. The zero-order chi connectivity index (χ0) is 26.7. The molecule has 1 heterocycles. The van der Waals surface area contributed by atoms with E-state index in [1.807, 2.05) is 6.20 Å². The number of ether oxygens (including phenoxy) is 1. The zero-order valence-corrected chi connectivity index (χ0v) is 24.8. The number of hydrogen-bond donors (Lipinski definition) is 0. The van der Waals surface area contributed by atoms with Crippen molar-refractivity contribution in [3.8, 4) is 17.0 Å². The topological polar surface area (TPSA) is 35.0 Å². The summed E-state index contributed by atoms with van der Waals surface area (Å²) in [6.45, 7) is 5.38. The van der Waals surface area contributed by atoms with E-state index >= 15 is 0 Å². The molecular formula is C35H56N2O. The maximum Gasteiger partial charge on any atom is 0.128 e. The van der Waals surface area contributed by atoms with Crippen LogP contribution in [0.15, 0.2) is 36.8 Å². The van der Waals surface area contributed by atoms with Crippen LogP contribution in [0.4, 0.5) is 0 Å². The van der Waals surface area contributed by atoms with Crippen LogP contribution in [0.1, 0.15) is 141 Å². The Morgan fingerprint density at radius 1 is 0.711 bits per heavy atom. The Kier molecular flexibility index (Phi) is 15.5. The smallest absolute Gasteiger partial charge is 0.128 e. The van der Waals surface area contributed by atoms with Crippen LogP contribution in [0.25, 0.3) is 11.3 Å². The number of para-hydroxylation sites is 1. The van der Waals surface area contributed by atoms with Crippen molar-refractivity contribution in [2.24, 2.45) is 11.8 Å². The molecule has 0 bridgehead atoms. The number of aryl methyl sites for hydroxylation is 1. The summed E-state index contributed by atoms with van der Waals surface area (Å²) in [6.07, 6.45) is 30.8. The third kappa shape index (κ3) is 11.5. The second-order valence-corrected chi connectivity index (χ2v) is 11.8. The molecule has 2 aromatic rings. The minimum atomic E-state index is 0.787. The Labute approximate surface area is 234 Å². The molecule has 0 spiro atoms. The van der Waals surface area contributed by atoms with Gasteiger partial charge in [0.05, 0.1) is 12.3 Å². The molecular weight excluding hydrogens is 464 g/mol. The molecule has 212 valence electrons. The highest BCUT2D eigenvalue weighted by Gasteiger charge is 2.21. The first-order chi connectivity index (χ1) is 18.8. The van der Waals surface area contributed by atoms with Crippen molar-refractivity contribution in [1.29, 1.82) is 0 Å². The highest BCUT2D eigenvalue weighted by atomic mass is 16.5. The second kappa shape index (κ2) is 19.2. The molecule has 0 saturated heterocycles. The summed E-state index contributed by atoms with van der Waals surface area (Å²) in [5.74, 6) is 2.80. The van der Waals surface area contributed by atoms with Crippen molar-refractivity contribution >= 4 is 0 Å². The Morgan fingerprint density at radius 2 is 1.32 bits per heavy atom. The van der Waals surface area contributed by atoms with Gasteiger partial charge in [-0.1, -0.05) is 135 Å². The van der Waals surface area contributed by atoms with E-state index in [2.05, 4.69) is 43.1 Å². The number of rotatable bonds is 20. The van der Waals surface area contributed by atoms with E-state index in [9.17, 15) is 0 Å². The van der Waals surface area contributed by atoms with Crippen LogP contribution in [-0.4, -0.2) is 16.6 Å². The van der Waals surface area contributed by atoms with Crippen molar-refractivity contribution in [1.82, 2.24) is 9.97 Å². The Hall–Kier alpha value is -1.90. The molecule has 3 heteroatoms. The maximum atomic E-state index is 6.30. The summed E-state index contributed by atoms with van der Waals surface area (Å²) in [7, 11) is 0. The van der Waals surface area contributed by atoms with Gasteiger partial charge in [-0.2, -0.15) is 0 Å². The first kappa shape index (κ1) is 30.6. The second-order valence-electron chi connectivity index (χ2n) is 11.8. The lowest BCUT2D eigenvalue weighted by atomic mass is 9.77. The van der Waals surface area contributed by atoms with Crippen molar-refractivity contribution in [3.63, 3.8) is 0 Å². The van der Waals surface area contributed by atoms with E-state index in [1.165, 1.54) is 121 Å². The minimum absolute atomic E-state index is 0.787.